The second-order valence-electron chi connectivity index (χ2n) is 4.77. The molecule has 0 aliphatic heterocycles. The first-order valence-corrected chi connectivity index (χ1v) is 5.77. The fraction of sp³-hybridized carbons (Fsp3) is 0.400. The predicted molar refractivity (Wildman–Crippen MR) is 71.6 cm³/mol. The number of pyridine rings is 1. The number of alkyl halides is 1. The molecule has 1 nitrogen and oxygen atoms in total. The minimum Gasteiger partial charge on any atom is -0.253 e. The van der Waals surface area contributed by atoms with Gasteiger partial charge in [-0.05, 0) is 51.8 Å². The van der Waals surface area contributed by atoms with Gasteiger partial charge in [0.2, 0.25) is 0 Å². The van der Waals surface area contributed by atoms with E-state index in [4.69, 9.17) is 0 Å². The van der Waals surface area contributed by atoms with Crippen molar-refractivity contribution in [1.82, 2.24) is 4.98 Å². The summed E-state index contributed by atoms with van der Waals surface area (Å²) in [5.74, 6) is 0. The molecule has 0 aliphatic rings. The number of halogens is 1. The zero-order valence-electron chi connectivity index (χ0n) is 11.3. The van der Waals surface area contributed by atoms with Crippen LogP contribution in [0.3, 0.4) is 0 Å². The monoisotopic (exact) mass is 233 g/mol. The predicted octanol–water partition coefficient (Wildman–Crippen LogP) is 4.57. The van der Waals surface area contributed by atoms with E-state index in [1.54, 1.807) is 19.9 Å². The van der Waals surface area contributed by atoms with Crippen molar-refractivity contribution < 1.29 is 4.39 Å². The van der Waals surface area contributed by atoms with Gasteiger partial charge in [-0.2, -0.15) is 0 Å². The molecule has 1 aromatic rings. The summed E-state index contributed by atoms with van der Waals surface area (Å²) in [4.78, 5) is 4.43. The Bertz CT molecular complexity index is 464. The van der Waals surface area contributed by atoms with E-state index in [2.05, 4.69) is 11.6 Å². The fourth-order valence-corrected chi connectivity index (χ4v) is 1.63. The Labute approximate surface area is 103 Å². The molecule has 0 bridgehead atoms. The van der Waals surface area contributed by atoms with Gasteiger partial charge in [0.05, 0.1) is 5.69 Å². The molecule has 0 saturated heterocycles. The number of hydrogen-bond donors (Lipinski definition) is 0. The molecule has 0 saturated carbocycles. The lowest BCUT2D eigenvalue weighted by Crippen LogP contribution is -2.14. The summed E-state index contributed by atoms with van der Waals surface area (Å²) in [5.41, 5.74) is 2.53. The van der Waals surface area contributed by atoms with Crippen molar-refractivity contribution >= 4 is 5.57 Å². The Morgan fingerprint density at radius 2 is 2.00 bits per heavy atom. The van der Waals surface area contributed by atoms with E-state index in [0.29, 0.717) is 11.3 Å². The number of rotatable bonds is 3. The van der Waals surface area contributed by atoms with Crippen LogP contribution in [0.1, 0.15) is 44.6 Å². The van der Waals surface area contributed by atoms with Crippen LogP contribution < -0.4 is 0 Å². The summed E-state index contributed by atoms with van der Waals surface area (Å²) in [5, 5.41) is 0. The van der Waals surface area contributed by atoms with Crippen molar-refractivity contribution in [2.24, 2.45) is 0 Å². The molecule has 0 fully saturated rings. The van der Waals surface area contributed by atoms with Crippen molar-refractivity contribution in [3.63, 3.8) is 0 Å². The number of nitrogens with zero attached hydrogens (tertiary/aromatic N) is 1. The molecule has 1 aromatic heterocycles. The highest BCUT2D eigenvalue weighted by Crippen LogP contribution is 2.32. The summed E-state index contributed by atoms with van der Waals surface area (Å²) in [6.45, 7) is 12.9. The minimum atomic E-state index is -1.41. The molecular weight excluding hydrogens is 213 g/mol. The molecule has 2 heteroatoms. The van der Waals surface area contributed by atoms with Gasteiger partial charge in [0, 0.05) is 11.3 Å². The summed E-state index contributed by atoms with van der Waals surface area (Å²) >= 11 is 0. The molecule has 1 rings (SSSR count). The van der Waals surface area contributed by atoms with Crippen LogP contribution >= 0.6 is 0 Å². The van der Waals surface area contributed by atoms with Crippen molar-refractivity contribution in [2.75, 3.05) is 0 Å². The minimum absolute atomic E-state index is 0.592. The van der Waals surface area contributed by atoms with Crippen LogP contribution in [0.4, 0.5) is 4.39 Å². The van der Waals surface area contributed by atoms with E-state index in [9.17, 15) is 4.39 Å². The maximum Gasteiger partial charge on any atom is 0.132 e. The smallest absolute Gasteiger partial charge is 0.132 e. The van der Waals surface area contributed by atoms with Crippen molar-refractivity contribution in [3.05, 3.63) is 47.3 Å². The van der Waals surface area contributed by atoms with Crippen molar-refractivity contribution in [2.45, 2.75) is 40.3 Å². The van der Waals surface area contributed by atoms with Crippen LogP contribution in [0.25, 0.3) is 5.57 Å². The van der Waals surface area contributed by atoms with Gasteiger partial charge in [-0.15, -0.1) is 0 Å². The van der Waals surface area contributed by atoms with E-state index in [-0.39, 0.29) is 0 Å². The first kappa shape index (κ1) is 13.6. The van der Waals surface area contributed by atoms with E-state index in [1.807, 2.05) is 32.9 Å². The Hall–Kier alpha value is -1.44. The van der Waals surface area contributed by atoms with Gasteiger partial charge in [0.25, 0.3) is 0 Å². The molecule has 92 valence electrons. The van der Waals surface area contributed by atoms with E-state index < -0.39 is 5.67 Å². The lowest BCUT2D eigenvalue weighted by atomic mass is 9.92. The van der Waals surface area contributed by atoms with Gasteiger partial charge in [-0.1, -0.05) is 18.7 Å². The first-order chi connectivity index (χ1) is 7.77. The second kappa shape index (κ2) is 4.82. The molecule has 0 radical (unpaired) electrons. The Morgan fingerprint density at radius 1 is 1.41 bits per heavy atom. The highest BCUT2D eigenvalue weighted by Gasteiger charge is 2.24. The molecule has 17 heavy (non-hydrogen) atoms. The number of aromatic nitrogens is 1. The normalized spacial score (nSPS) is 12.7. The topological polar surface area (TPSA) is 12.9 Å². The quantitative estimate of drug-likeness (QED) is 0.697. The van der Waals surface area contributed by atoms with Crippen LogP contribution in [0.2, 0.25) is 0 Å². The van der Waals surface area contributed by atoms with Gasteiger partial charge in [0.15, 0.2) is 0 Å². The zero-order valence-corrected chi connectivity index (χ0v) is 11.3. The highest BCUT2D eigenvalue weighted by molar-refractivity contribution is 5.76. The number of aryl methyl sites for hydroxylation is 1. The SMILES string of the molecule is C=C(/C(C)=C\C)c1nc(C)ccc1C(C)(C)F. The van der Waals surface area contributed by atoms with Gasteiger partial charge in [-0.25, -0.2) is 4.39 Å². The summed E-state index contributed by atoms with van der Waals surface area (Å²) < 4.78 is 14.1. The Kier molecular flexibility index (Phi) is 3.87. The van der Waals surface area contributed by atoms with Gasteiger partial charge >= 0.3 is 0 Å². The molecular formula is C15H20FN. The molecule has 0 spiro atoms. The third kappa shape index (κ3) is 3.02. The number of hydrogen-bond acceptors (Lipinski definition) is 1. The van der Waals surface area contributed by atoms with Crippen LogP contribution in [0.5, 0.6) is 0 Å². The summed E-state index contributed by atoms with van der Waals surface area (Å²) in [6.07, 6.45) is 1.96. The molecule has 0 N–H and O–H groups in total. The van der Waals surface area contributed by atoms with Crippen LogP contribution in [0, 0.1) is 6.92 Å². The summed E-state index contributed by atoms with van der Waals surface area (Å²) in [6, 6.07) is 3.63. The Balaban J connectivity index is 3.41. The molecule has 0 aliphatic carbocycles. The maximum absolute atomic E-state index is 14.1. The number of allylic oxidation sites excluding steroid dienone is 3. The van der Waals surface area contributed by atoms with Gasteiger partial charge in [-0.3, -0.25) is 4.98 Å². The van der Waals surface area contributed by atoms with E-state index in [1.165, 1.54) is 0 Å². The zero-order chi connectivity index (χ0) is 13.2. The van der Waals surface area contributed by atoms with E-state index in [0.717, 1.165) is 16.8 Å². The Morgan fingerprint density at radius 3 is 2.47 bits per heavy atom. The van der Waals surface area contributed by atoms with Crippen molar-refractivity contribution in [3.8, 4) is 0 Å². The van der Waals surface area contributed by atoms with E-state index >= 15 is 0 Å². The molecule has 0 atom stereocenters. The van der Waals surface area contributed by atoms with Gasteiger partial charge in [0.1, 0.15) is 5.67 Å². The summed E-state index contributed by atoms with van der Waals surface area (Å²) in [7, 11) is 0. The third-order valence-corrected chi connectivity index (χ3v) is 2.87. The molecule has 0 unspecified atom stereocenters. The first-order valence-electron chi connectivity index (χ1n) is 5.77. The average Bonchev–Trinajstić information content (AvgIpc) is 2.25. The largest absolute Gasteiger partial charge is 0.253 e. The van der Waals surface area contributed by atoms with Crippen molar-refractivity contribution in [1.29, 1.82) is 0 Å². The highest BCUT2D eigenvalue weighted by atomic mass is 19.1. The molecule has 1 heterocycles. The van der Waals surface area contributed by atoms with Gasteiger partial charge < -0.3 is 0 Å². The van der Waals surface area contributed by atoms with Crippen LogP contribution in [-0.2, 0) is 5.67 Å². The lowest BCUT2D eigenvalue weighted by Gasteiger charge is -2.20. The third-order valence-electron chi connectivity index (χ3n) is 2.87. The van der Waals surface area contributed by atoms with Crippen LogP contribution in [-0.4, -0.2) is 4.98 Å². The lowest BCUT2D eigenvalue weighted by molar-refractivity contribution is 0.220. The second-order valence-corrected chi connectivity index (χ2v) is 4.77. The average molecular weight is 233 g/mol. The van der Waals surface area contributed by atoms with Crippen LogP contribution in [0.15, 0.2) is 30.4 Å². The fourth-order valence-electron chi connectivity index (χ4n) is 1.63. The maximum atomic E-state index is 14.1. The molecule has 0 amide bonds. The standard InChI is InChI=1S/C15H20FN/c1-7-10(2)12(4)14-13(15(5,6)16)9-8-11(3)17-14/h7-9H,4H2,1-3,5-6H3/b10-7-. The molecule has 0 aromatic carbocycles.